The molecule has 5 aromatic rings. The molecule has 0 bridgehead atoms. The molecule has 46 heavy (non-hydrogen) atoms. The number of halogens is 2. The van der Waals surface area contributed by atoms with Crippen LogP contribution in [0, 0.1) is 12.7 Å². The monoisotopic (exact) mass is 628 g/mol. The highest BCUT2D eigenvalue weighted by molar-refractivity contribution is 6.06. The molecule has 12 heteroatoms. The lowest BCUT2D eigenvalue weighted by Gasteiger charge is -2.31. The van der Waals surface area contributed by atoms with Gasteiger partial charge in [0.15, 0.2) is 11.3 Å². The van der Waals surface area contributed by atoms with Crippen LogP contribution in [-0.4, -0.2) is 91.0 Å². The van der Waals surface area contributed by atoms with E-state index in [0.29, 0.717) is 47.9 Å². The van der Waals surface area contributed by atoms with Gasteiger partial charge in [-0.05, 0) is 82.5 Å². The van der Waals surface area contributed by atoms with Gasteiger partial charge in [0.1, 0.15) is 23.8 Å². The number of aromatic nitrogens is 6. The first-order valence-electron chi connectivity index (χ1n) is 15.9. The predicted octanol–water partition coefficient (Wildman–Crippen LogP) is 5.53. The number of hydrogen-bond donors (Lipinski definition) is 0. The number of carbonyl (C=O) groups is 1. The SMILES string of the molecule is Cc1cc2c(nc(O[C@@H](C)C3CCCN3C)c3nnn(C4CCN(C(=O)/C=C/CF)CC4)c32)c(F)c1-c1ccc2cnn(C)c2c1. The van der Waals surface area contributed by atoms with E-state index in [1.165, 1.54) is 12.2 Å². The van der Waals surface area contributed by atoms with Crippen molar-refractivity contribution >= 4 is 38.7 Å². The van der Waals surface area contributed by atoms with Crippen molar-refractivity contribution < 1.29 is 18.3 Å². The van der Waals surface area contributed by atoms with Gasteiger partial charge in [-0.3, -0.25) is 14.4 Å². The van der Waals surface area contributed by atoms with E-state index in [9.17, 15) is 9.18 Å². The molecular weight excluding hydrogens is 590 g/mol. The van der Waals surface area contributed by atoms with Gasteiger partial charge in [-0.2, -0.15) is 5.10 Å². The smallest absolute Gasteiger partial charge is 0.246 e. The lowest BCUT2D eigenvalue weighted by atomic mass is 9.96. The fourth-order valence-electron chi connectivity index (χ4n) is 7.26. The number of aryl methyl sites for hydroxylation is 2. The zero-order valence-electron chi connectivity index (χ0n) is 26.6. The fourth-order valence-corrected chi connectivity index (χ4v) is 7.26. The van der Waals surface area contributed by atoms with Crippen molar-refractivity contribution in [2.75, 3.05) is 33.4 Å². The number of nitrogens with zero attached hydrogens (tertiary/aromatic N) is 8. The highest BCUT2D eigenvalue weighted by Crippen LogP contribution is 2.40. The average molecular weight is 629 g/mol. The van der Waals surface area contributed by atoms with Crippen molar-refractivity contribution in [3.8, 4) is 17.0 Å². The zero-order valence-corrected chi connectivity index (χ0v) is 26.6. The topological polar surface area (TPSA) is 94.2 Å². The van der Waals surface area contributed by atoms with Crippen LogP contribution in [0.15, 0.2) is 42.6 Å². The van der Waals surface area contributed by atoms with Crippen LogP contribution in [0.2, 0.25) is 0 Å². The quantitative estimate of drug-likeness (QED) is 0.219. The zero-order chi connectivity index (χ0) is 32.1. The van der Waals surface area contributed by atoms with Crippen molar-refractivity contribution in [1.29, 1.82) is 0 Å². The Hall–Kier alpha value is -4.45. The molecule has 0 spiro atoms. The summed E-state index contributed by atoms with van der Waals surface area (Å²) < 4.78 is 39.7. The summed E-state index contributed by atoms with van der Waals surface area (Å²) in [5.74, 6) is -0.367. The predicted molar refractivity (Wildman–Crippen MR) is 173 cm³/mol. The lowest BCUT2D eigenvalue weighted by molar-refractivity contribution is -0.127. The largest absolute Gasteiger partial charge is 0.471 e. The van der Waals surface area contributed by atoms with E-state index in [0.717, 1.165) is 41.4 Å². The Kier molecular flexibility index (Phi) is 7.92. The number of ether oxygens (including phenoxy) is 1. The highest BCUT2D eigenvalue weighted by Gasteiger charge is 2.32. The number of piperidine rings is 1. The molecule has 0 aliphatic carbocycles. The third-order valence-corrected chi connectivity index (χ3v) is 9.73. The van der Waals surface area contributed by atoms with Crippen molar-refractivity contribution in [3.63, 3.8) is 0 Å². The molecule has 2 fully saturated rings. The maximum absolute atomic E-state index is 16.9. The molecule has 2 aliphatic heterocycles. The number of carbonyl (C=O) groups excluding carboxylic acids is 1. The van der Waals surface area contributed by atoms with Gasteiger partial charge < -0.3 is 9.64 Å². The van der Waals surface area contributed by atoms with E-state index in [-0.39, 0.29) is 35.5 Å². The maximum Gasteiger partial charge on any atom is 0.246 e. The van der Waals surface area contributed by atoms with Crippen LogP contribution in [0.25, 0.3) is 44.0 Å². The molecule has 7 rings (SSSR count). The molecule has 0 N–H and O–H groups in total. The Labute approximate surface area is 265 Å². The van der Waals surface area contributed by atoms with Gasteiger partial charge in [-0.25, -0.2) is 18.4 Å². The summed E-state index contributed by atoms with van der Waals surface area (Å²) in [6.45, 7) is 5.24. The Morgan fingerprint density at radius 3 is 2.67 bits per heavy atom. The standard InChI is InChI=1S/C34H38F2N8O2/c1-20-17-25-31(30(36)29(20)22-9-10-23-19-37-42(4)27(23)18-22)38-34(46-21(2)26-7-6-14-41(26)3)32-33(25)44(40-39-32)24-11-15-43(16-12-24)28(45)8-5-13-35/h5,8-10,17-19,21,24,26H,6-7,11-16H2,1-4H3/b8-5+/t21-,26?/m0/s1. The van der Waals surface area contributed by atoms with Crippen LogP contribution in [0.3, 0.4) is 0 Å². The first-order chi connectivity index (χ1) is 22.2. The van der Waals surface area contributed by atoms with Crippen molar-refractivity contribution in [2.24, 2.45) is 7.05 Å². The first-order valence-corrected chi connectivity index (χ1v) is 15.9. The number of benzene rings is 2. The Morgan fingerprint density at radius 1 is 1.13 bits per heavy atom. The molecule has 5 heterocycles. The van der Waals surface area contributed by atoms with E-state index in [4.69, 9.17) is 9.72 Å². The summed E-state index contributed by atoms with van der Waals surface area (Å²) in [5.41, 5.74) is 4.25. The molecule has 240 valence electrons. The summed E-state index contributed by atoms with van der Waals surface area (Å²) in [6.07, 6.45) is 7.46. The molecule has 0 saturated carbocycles. The first kappa shape index (κ1) is 30.2. The van der Waals surface area contributed by atoms with E-state index in [1.54, 1.807) is 15.8 Å². The third-order valence-electron chi connectivity index (χ3n) is 9.73. The van der Waals surface area contributed by atoms with Gasteiger partial charge in [-0.15, -0.1) is 5.10 Å². The van der Waals surface area contributed by atoms with Crippen LogP contribution in [-0.2, 0) is 11.8 Å². The van der Waals surface area contributed by atoms with E-state index >= 15 is 4.39 Å². The Morgan fingerprint density at radius 2 is 1.93 bits per heavy atom. The second-order valence-electron chi connectivity index (χ2n) is 12.6. The maximum atomic E-state index is 16.9. The van der Waals surface area contributed by atoms with Crippen LogP contribution < -0.4 is 4.74 Å². The Balaban J connectivity index is 1.35. The van der Waals surface area contributed by atoms with E-state index in [2.05, 4.69) is 27.4 Å². The van der Waals surface area contributed by atoms with E-state index in [1.807, 2.05) is 49.8 Å². The molecule has 1 unspecified atom stereocenters. The molecule has 0 radical (unpaired) electrons. The van der Waals surface area contributed by atoms with Crippen molar-refractivity contribution in [2.45, 2.75) is 57.7 Å². The molecule has 10 nitrogen and oxygen atoms in total. The summed E-state index contributed by atoms with van der Waals surface area (Å²) >= 11 is 0. The minimum absolute atomic E-state index is 0.0775. The fraction of sp³-hybridized carbons (Fsp3) is 0.441. The van der Waals surface area contributed by atoms with Gasteiger partial charge in [0, 0.05) is 48.6 Å². The number of fused-ring (bicyclic) bond motifs is 4. The molecule has 1 amide bonds. The second-order valence-corrected chi connectivity index (χ2v) is 12.6. The van der Waals surface area contributed by atoms with Crippen LogP contribution >= 0.6 is 0 Å². The molecule has 2 saturated heterocycles. The summed E-state index contributed by atoms with van der Waals surface area (Å²) in [4.78, 5) is 21.3. The van der Waals surface area contributed by atoms with E-state index < -0.39 is 12.5 Å². The second kappa shape index (κ2) is 12.1. The molecule has 2 aromatic carbocycles. The summed E-state index contributed by atoms with van der Waals surface area (Å²) in [6, 6.07) is 7.92. The number of allylic oxidation sites excluding steroid dienone is 1. The van der Waals surface area contributed by atoms with Gasteiger partial charge in [0.05, 0.1) is 17.8 Å². The van der Waals surface area contributed by atoms with Gasteiger partial charge in [0.2, 0.25) is 11.8 Å². The molecule has 2 atom stereocenters. The number of hydrogen-bond acceptors (Lipinski definition) is 7. The molecular formula is C34H38F2N8O2. The molecule has 3 aromatic heterocycles. The van der Waals surface area contributed by atoms with Crippen molar-refractivity contribution in [3.05, 3.63) is 54.0 Å². The number of rotatable bonds is 7. The Bertz CT molecular complexity index is 1980. The number of pyridine rings is 1. The third kappa shape index (κ3) is 5.18. The van der Waals surface area contributed by atoms with Crippen LogP contribution in [0.5, 0.6) is 5.88 Å². The number of amides is 1. The normalized spacial score (nSPS) is 18.9. The number of alkyl halides is 1. The lowest BCUT2D eigenvalue weighted by Crippen LogP contribution is -2.38. The molecule has 2 aliphatic rings. The van der Waals surface area contributed by atoms with Crippen LogP contribution in [0.4, 0.5) is 8.78 Å². The summed E-state index contributed by atoms with van der Waals surface area (Å²) in [5, 5.41) is 15.1. The average Bonchev–Trinajstić information content (AvgIpc) is 3.79. The van der Waals surface area contributed by atoms with Crippen molar-refractivity contribution in [1.82, 2.24) is 39.6 Å². The van der Waals surface area contributed by atoms with Gasteiger partial charge in [-0.1, -0.05) is 17.3 Å². The highest BCUT2D eigenvalue weighted by atomic mass is 19.1. The van der Waals surface area contributed by atoms with Crippen LogP contribution in [0.1, 0.15) is 44.2 Å². The van der Waals surface area contributed by atoms with Gasteiger partial charge in [0.25, 0.3) is 0 Å². The van der Waals surface area contributed by atoms with Gasteiger partial charge >= 0.3 is 0 Å². The number of likely N-dealkylation sites (tertiary alicyclic amines) is 2. The summed E-state index contributed by atoms with van der Waals surface area (Å²) in [7, 11) is 3.96. The minimum Gasteiger partial charge on any atom is -0.471 e. The minimum atomic E-state index is -0.677. The number of likely N-dealkylation sites (N-methyl/N-ethyl adjacent to an activating group) is 1.